The average Bonchev–Trinajstić information content (AvgIpc) is 3.25. The Bertz CT molecular complexity index is 1190. The largest absolute Gasteiger partial charge is 0.445 e. The number of hydrogen-bond acceptors (Lipinski definition) is 6. The Kier molecular flexibility index (Phi) is 6.55. The van der Waals surface area contributed by atoms with E-state index >= 15 is 0 Å². The van der Waals surface area contributed by atoms with Crippen molar-refractivity contribution in [2.45, 2.75) is 38.7 Å². The highest BCUT2D eigenvalue weighted by Gasteiger charge is 2.42. The van der Waals surface area contributed by atoms with Crippen molar-refractivity contribution in [1.82, 2.24) is 10.3 Å². The van der Waals surface area contributed by atoms with Crippen LogP contribution in [-0.4, -0.2) is 34.9 Å². The third-order valence-electron chi connectivity index (χ3n) is 5.55. The van der Waals surface area contributed by atoms with Crippen molar-refractivity contribution in [1.29, 1.82) is 0 Å². The van der Waals surface area contributed by atoms with Crippen LogP contribution in [-0.2, 0) is 27.2 Å². The molecule has 3 aromatic rings. The van der Waals surface area contributed by atoms with Crippen molar-refractivity contribution in [3.8, 4) is 11.3 Å². The number of cyclic esters (lactones) is 1. The molecule has 1 aliphatic rings. The fourth-order valence-electron chi connectivity index (χ4n) is 3.75. The van der Waals surface area contributed by atoms with Gasteiger partial charge in [-0.3, -0.25) is 14.9 Å². The van der Waals surface area contributed by atoms with E-state index in [1.807, 2.05) is 41.8 Å². The standard InChI is InChI=1S/C25H25N3O4S/c1-16(29)26-13-5-6-17-9-11-18(12-10-17)21-15-33-24(27-21)28-23(31)25(2)14-19-7-3-4-8-20(19)22(30)32-25/h3-4,7-12,15H,5-6,13-14H2,1-2H3,(H,26,29)(H,27,28,31). The van der Waals surface area contributed by atoms with Crippen LogP contribution in [0.5, 0.6) is 0 Å². The molecule has 0 spiro atoms. The summed E-state index contributed by atoms with van der Waals surface area (Å²) in [6.07, 6.45) is 2.06. The molecule has 33 heavy (non-hydrogen) atoms. The van der Waals surface area contributed by atoms with E-state index in [0.29, 0.717) is 23.7 Å². The second-order valence-corrected chi connectivity index (χ2v) is 9.09. The first-order chi connectivity index (χ1) is 15.8. The van der Waals surface area contributed by atoms with Crippen LogP contribution in [0.15, 0.2) is 53.9 Å². The molecule has 2 N–H and O–H groups in total. The molecular weight excluding hydrogens is 438 g/mol. The number of aromatic nitrogens is 1. The van der Waals surface area contributed by atoms with Crippen LogP contribution in [0.3, 0.4) is 0 Å². The number of amides is 2. The summed E-state index contributed by atoms with van der Waals surface area (Å²) in [6.45, 7) is 3.79. The molecule has 2 heterocycles. The van der Waals surface area contributed by atoms with E-state index in [4.69, 9.17) is 4.74 Å². The summed E-state index contributed by atoms with van der Waals surface area (Å²) in [5.41, 5.74) is 2.88. The number of hydrogen-bond donors (Lipinski definition) is 2. The van der Waals surface area contributed by atoms with Crippen LogP contribution in [0.1, 0.15) is 41.8 Å². The quantitative estimate of drug-likeness (QED) is 0.408. The van der Waals surface area contributed by atoms with Gasteiger partial charge in [0.15, 0.2) is 10.7 Å². The SMILES string of the molecule is CC(=O)NCCCc1ccc(-c2csc(NC(=O)C3(C)Cc4ccccc4C(=O)O3)n2)cc1. The van der Waals surface area contributed by atoms with E-state index in [0.717, 1.165) is 29.7 Å². The molecule has 170 valence electrons. The van der Waals surface area contributed by atoms with Gasteiger partial charge in [-0.25, -0.2) is 9.78 Å². The highest BCUT2D eigenvalue weighted by molar-refractivity contribution is 7.14. The summed E-state index contributed by atoms with van der Waals surface area (Å²) >= 11 is 1.32. The third-order valence-corrected chi connectivity index (χ3v) is 6.31. The van der Waals surface area contributed by atoms with Crippen molar-refractivity contribution in [3.05, 3.63) is 70.6 Å². The number of rotatable bonds is 7. The van der Waals surface area contributed by atoms with Gasteiger partial charge in [0.2, 0.25) is 5.91 Å². The van der Waals surface area contributed by atoms with Crippen LogP contribution in [0.25, 0.3) is 11.3 Å². The molecule has 2 aromatic carbocycles. The van der Waals surface area contributed by atoms with Gasteiger partial charge in [0, 0.05) is 30.8 Å². The minimum atomic E-state index is -1.30. The van der Waals surface area contributed by atoms with Crippen LogP contribution in [0.2, 0.25) is 0 Å². The van der Waals surface area contributed by atoms with Crippen molar-refractivity contribution < 1.29 is 19.1 Å². The van der Waals surface area contributed by atoms with Crippen LogP contribution in [0.4, 0.5) is 5.13 Å². The van der Waals surface area contributed by atoms with Gasteiger partial charge in [-0.05, 0) is 37.0 Å². The average molecular weight is 464 g/mol. The molecule has 0 radical (unpaired) electrons. The Labute approximate surface area is 196 Å². The van der Waals surface area contributed by atoms with Crippen molar-refractivity contribution in [2.24, 2.45) is 0 Å². The fraction of sp³-hybridized carbons (Fsp3) is 0.280. The molecule has 0 saturated heterocycles. The fourth-order valence-corrected chi connectivity index (χ4v) is 4.47. The second-order valence-electron chi connectivity index (χ2n) is 8.23. The first kappa shape index (κ1) is 22.7. The maximum Gasteiger partial charge on any atom is 0.339 e. The number of ether oxygens (including phenoxy) is 1. The molecule has 7 nitrogen and oxygen atoms in total. The van der Waals surface area contributed by atoms with Crippen molar-refractivity contribution in [3.63, 3.8) is 0 Å². The number of nitrogens with one attached hydrogen (secondary N) is 2. The van der Waals surface area contributed by atoms with Gasteiger partial charge in [0.1, 0.15) is 0 Å². The number of aryl methyl sites for hydroxylation is 1. The van der Waals surface area contributed by atoms with Crippen LogP contribution in [0, 0.1) is 0 Å². The van der Waals surface area contributed by atoms with E-state index in [2.05, 4.69) is 15.6 Å². The Morgan fingerprint density at radius 3 is 2.67 bits per heavy atom. The van der Waals surface area contributed by atoms with Gasteiger partial charge >= 0.3 is 5.97 Å². The summed E-state index contributed by atoms with van der Waals surface area (Å²) in [7, 11) is 0. The topological polar surface area (TPSA) is 97.4 Å². The molecule has 1 atom stereocenters. The highest BCUT2D eigenvalue weighted by Crippen LogP contribution is 2.31. The Morgan fingerprint density at radius 1 is 1.15 bits per heavy atom. The van der Waals surface area contributed by atoms with Gasteiger partial charge in [0.25, 0.3) is 5.91 Å². The predicted molar refractivity (Wildman–Crippen MR) is 127 cm³/mol. The zero-order valence-corrected chi connectivity index (χ0v) is 19.3. The molecule has 1 aliphatic heterocycles. The minimum absolute atomic E-state index is 0.0165. The first-order valence-corrected chi connectivity index (χ1v) is 11.6. The van der Waals surface area contributed by atoms with E-state index in [1.165, 1.54) is 23.8 Å². The maximum atomic E-state index is 13.0. The van der Waals surface area contributed by atoms with E-state index in [1.54, 1.807) is 19.1 Å². The number of carbonyl (C=O) groups is 3. The lowest BCUT2D eigenvalue weighted by Gasteiger charge is -2.32. The predicted octanol–water partition coefficient (Wildman–Crippen LogP) is 3.99. The van der Waals surface area contributed by atoms with Gasteiger partial charge in [-0.1, -0.05) is 42.5 Å². The van der Waals surface area contributed by atoms with Gasteiger partial charge in [-0.2, -0.15) is 0 Å². The molecule has 4 rings (SSSR count). The first-order valence-electron chi connectivity index (χ1n) is 10.8. The summed E-state index contributed by atoms with van der Waals surface area (Å²) < 4.78 is 5.49. The number of esters is 1. The molecular formula is C25H25N3O4S. The number of anilines is 1. The van der Waals surface area contributed by atoms with Crippen LogP contribution < -0.4 is 10.6 Å². The normalized spacial score (nSPS) is 17.1. The molecule has 0 bridgehead atoms. The monoisotopic (exact) mass is 463 g/mol. The zero-order valence-electron chi connectivity index (χ0n) is 18.5. The smallest absolute Gasteiger partial charge is 0.339 e. The Hall–Kier alpha value is -3.52. The lowest BCUT2D eigenvalue weighted by molar-refractivity contribution is -0.134. The lowest BCUT2D eigenvalue weighted by atomic mass is 9.89. The minimum Gasteiger partial charge on any atom is -0.445 e. The maximum absolute atomic E-state index is 13.0. The van der Waals surface area contributed by atoms with E-state index < -0.39 is 17.5 Å². The second kappa shape index (κ2) is 9.54. The molecule has 0 aliphatic carbocycles. The molecule has 1 aromatic heterocycles. The van der Waals surface area contributed by atoms with Crippen molar-refractivity contribution in [2.75, 3.05) is 11.9 Å². The molecule has 1 unspecified atom stereocenters. The zero-order chi connectivity index (χ0) is 23.4. The number of benzene rings is 2. The summed E-state index contributed by atoms with van der Waals surface area (Å²) in [5.74, 6) is -0.913. The molecule has 2 amide bonds. The third kappa shape index (κ3) is 5.28. The van der Waals surface area contributed by atoms with Gasteiger partial charge in [-0.15, -0.1) is 11.3 Å². The summed E-state index contributed by atoms with van der Waals surface area (Å²) in [6, 6.07) is 15.2. The van der Waals surface area contributed by atoms with Crippen LogP contribution >= 0.6 is 11.3 Å². The summed E-state index contributed by atoms with van der Waals surface area (Å²) in [4.78, 5) is 40.8. The molecule has 8 heteroatoms. The Balaban J connectivity index is 1.38. The van der Waals surface area contributed by atoms with Crippen molar-refractivity contribution >= 4 is 34.3 Å². The number of carbonyl (C=O) groups excluding carboxylic acids is 3. The van der Waals surface area contributed by atoms with E-state index in [-0.39, 0.29) is 5.91 Å². The number of fused-ring (bicyclic) bond motifs is 1. The highest BCUT2D eigenvalue weighted by atomic mass is 32.1. The number of nitrogens with zero attached hydrogens (tertiary/aromatic N) is 1. The molecule has 0 fully saturated rings. The van der Waals surface area contributed by atoms with Gasteiger partial charge in [0.05, 0.1) is 11.3 Å². The summed E-state index contributed by atoms with van der Waals surface area (Å²) in [5, 5.41) is 7.93. The Morgan fingerprint density at radius 2 is 1.91 bits per heavy atom. The van der Waals surface area contributed by atoms with E-state index in [9.17, 15) is 14.4 Å². The lowest BCUT2D eigenvalue weighted by Crippen LogP contribution is -2.48. The molecule has 0 saturated carbocycles. The number of thiazole rings is 1. The van der Waals surface area contributed by atoms with Gasteiger partial charge < -0.3 is 10.1 Å².